The van der Waals surface area contributed by atoms with E-state index in [0.29, 0.717) is 11.1 Å². The molecule has 2 aromatic rings. The number of aliphatic hydroxyl groups is 2. The van der Waals surface area contributed by atoms with Crippen molar-refractivity contribution in [1.29, 1.82) is 0 Å². The van der Waals surface area contributed by atoms with Crippen LogP contribution in [0.2, 0.25) is 0 Å². The van der Waals surface area contributed by atoms with Crippen LogP contribution >= 0.6 is 21.6 Å². The number of hydrogen-bond acceptors (Lipinski definition) is 8. The van der Waals surface area contributed by atoms with Crippen LogP contribution < -0.4 is 0 Å². The lowest BCUT2D eigenvalue weighted by atomic mass is 10.2. The van der Waals surface area contributed by atoms with Gasteiger partial charge in [-0.2, -0.15) is 16.8 Å². The minimum atomic E-state index is -3.88. The van der Waals surface area contributed by atoms with E-state index in [1.165, 1.54) is 0 Å². The number of benzene rings is 2. The highest BCUT2D eigenvalue weighted by Crippen LogP contribution is 2.18. The summed E-state index contributed by atoms with van der Waals surface area (Å²) in [7, 11) is -4.59. The van der Waals surface area contributed by atoms with Gasteiger partial charge in [0.1, 0.15) is 11.5 Å². The molecular weight excluding hydrogens is 472 g/mol. The molecule has 0 saturated heterocycles. The third-order valence-electron chi connectivity index (χ3n) is 2.82. The SMILES string of the molecule is O=S(=O)(O)Cc1ccccc1.O=S(=O)(O)Cc1ccccc1.OCCSSCCO. The third kappa shape index (κ3) is 20.2. The Labute approximate surface area is 185 Å². The summed E-state index contributed by atoms with van der Waals surface area (Å²) in [5, 5.41) is 16.5. The van der Waals surface area contributed by atoms with E-state index in [4.69, 9.17) is 19.3 Å². The molecule has 0 heterocycles. The molecule has 0 atom stereocenters. The van der Waals surface area contributed by atoms with Gasteiger partial charge in [-0.1, -0.05) is 82.3 Å². The molecule has 0 aliphatic heterocycles. The fourth-order valence-corrected chi connectivity index (χ4v) is 4.53. The van der Waals surface area contributed by atoms with Crippen LogP contribution in [0.1, 0.15) is 11.1 Å². The summed E-state index contributed by atoms with van der Waals surface area (Å²) in [5.41, 5.74) is 1.19. The van der Waals surface area contributed by atoms with Gasteiger partial charge in [-0.3, -0.25) is 9.11 Å². The average Bonchev–Trinajstić information content (AvgIpc) is 2.65. The van der Waals surface area contributed by atoms with E-state index < -0.39 is 20.2 Å². The predicted octanol–water partition coefficient (Wildman–Crippen LogP) is 2.50. The Bertz CT molecular complexity index is 797. The molecule has 0 spiro atoms. The van der Waals surface area contributed by atoms with Crippen LogP contribution in [0, 0.1) is 0 Å². The maximum Gasteiger partial charge on any atom is 0.269 e. The van der Waals surface area contributed by atoms with E-state index in [1.807, 2.05) is 0 Å². The van der Waals surface area contributed by atoms with Gasteiger partial charge >= 0.3 is 0 Å². The largest absolute Gasteiger partial charge is 0.395 e. The molecule has 0 unspecified atom stereocenters. The fraction of sp³-hybridized carbons (Fsp3) is 0.333. The lowest BCUT2D eigenvalue weighted by molar-refractivity contribution is 0.322. The van der Waals surface area contributed by atoms with Crippen LogP contribution in [-0.4, -0.2) is 60.9 Å². The van der Waals surface area contributed by atoms with Gasteiger partial charge in [0.05, 0.1) is 13.2 Å². The predicted molar refractivity (Wildman–Crippen MR) is 122 cm³/mol. The quantitative estimate of drug-likeness (QED) is 0.231. The van der Waals surface area contributed by atoms with E-state index in [0.717, 1.165) is 11.5 Å². The van der Waals surface area contributed by atoms with Crippen LogP contribution in [0.5, 0.6) is 0 Å². The normalized spacial score (nSPS) is 10.9. The van der Waals surface area contributed by atoms with E-state index in [1.54, 1.807) is 82.3 Å². The van der Waals surface area contributed by atoms with E-state index >= 15 is 0 Å². The first kappa shape index (κ1) is 28.9. The Kier molecular flexibility index (Phi) is 15.9. The van der Waals surface area contributed by atoms with Crippen LogP contribution in [0.3, 0.4) is 0 Å². The lowest BCUT2D eigenvalue weighted by Crippen LogP contribution is -2.00. The molecule has 8 nitrogen and oxygen atoms in total. The molecule has 0 saturated carbocycles. The van der Waals surface area contributed by atoms with E-state index in [2.05, 4.69) is 0 Å². The fourth-order valence-electron chi connectivity index (χ4n) is 1.76. The first-order valence-electron chi connectivity index (χ1n) is 8.51. The Hall–Kier alpha value is -1.12. The smallest absolute Gasteiger partial charge is 0.269 e. The molecule has 0 fully saturated rings. The van der Waals surface area contributed by atoms with Crippen LogP contribution in [0.25, 0.3) is 0 Å². The van der Waals surface area contributed by atoms with Gasteiger partial charge in [-0.25, -0.2) is 0 Å². The topological polar surface area (TPSA) is 149 Å². The molecule has 0 aliphatic carbocycles. The van der Waals surface area contributed by atoms with Gasteiger partial charge in [0.2, 0.25) is 0 Å². The molecule has 12 heteroatoms. The van der Waals surface area contributed by atoms with Crippen molar-refractivity contribution in [2.24, 2.45) is 0 Å². The zero-order valence-corrected chi connectivity index (χ0v) is 19.3. The van der Waals surface area contributed by atoms with Crippen molar-refractivity contribution in [3.8, 4) is 0 Å². The highest BCUT2D eigenvalue weighted by molar-refractivity contribution is 8.76. The summed E-state index contributed by atoms with van der Waals surface area (Å²) in [6, 6.07) is 17.0. The van der Waals surface area contributed by atoms with E-state index in [-0.39, 0.29) is 24.7 Å². The van der Waals surface area contributed by atoms with Gasteiger partial charge < -0.3 is 10.2 Å². The monoisotopic (exact) mass is 498 g/mol. The van der Waals surface area contributed by atoms with Crippen molar-refractivity contribution in [2.45, 2.75) is 11.5 Å². The van der Waals surface area contributed by atoms with Gasteiger partial charge in [0.15, 0.2) is 0 Å². The standard InChI is InChI=1S/2C7H8O3S.C4H10O2S2/c2*8-11(9,10)6-7-4-2-1-3-5-7;5-1-3-7-8-4-2-6/h2*1-5H,6H2,(H,8,9,10);5-6H,1-4H2. The highest BCUT2D eigenvalue weighted by Gasteiger charge is 2.05. The van der Waals surface area contributed by atoms with Gasteiger partial charge in [0, 0.05) is 11.5 Å². The first-order valence-corrected chi connectivity index (χ1v) is 14.2. The molecule has 0 aromatic heterocycles. The molecule has 0 amide bonds. The molecule has 4 N–H and O–H groups in total. The Balaban J connectivity index is 0.000000428. The second-order valence-electron chi connectivity index (χ2n) is 5.51. The van der Waals surface area contributed by atoms with Crippen molar-refractivity contribution < 1.29 is 36.2 Å². The van der Waals surface area contributed by atoms with Crippen LogP contribution in [0.15, 0.2) is 60.7 Å². The third-order valence-corrected chi connectivity index (χ3v) is 6.58. The second-order valence-corrected chi connectivity index (χ2v) is 11.1. The number of rotatable bonds is 9. The second kappa shape index (κ2) is 16.6. The maximum atomic E-state index is 10.4. The number of aliphatic hydroxyl groups excluding tert-OH is 2. The van der Waals surface area contributed by atoms with Gasteiger partial charge in [0.25, 0.3) is 20.2 Å². The molecule has 0 aliphatic rings. The first-order chi connectivity index (χ1) is 14.1. The van der Waals surface area contributed by atoms with Crippen molar-refractivity contribution in [1.82, 2.24) is 0 Å². The Morgan fingerprint density at radius 1 is 0.600 bits per heavy atom. The highest BCUT2D eigenvalue weighted by atomic mass is 33.1. The summed E-state index contributed by atoms with van der Waals surface area (Å²) in [6.07, 6.45) is 0. The van der Waals surface area contributed by atoms with E-state index in [9.17, 15) is 16.8 Å². The van der Waals surface area contributed by atoms with Crippen molar-refractivity contribution in [2.75, 3.05) is 24.7 Å². The minimum absolute atomic E-state index is 0.225. The molecular formula is C18H26O8S4. The minimum Gasteiger partial charge on any atom is -0.395 e. The summed E-state index contributed by atoms with van der Waals surface area (Å²) >= 11 is 0. The lowest BCUT2D eigenvalue weighted by Gasteiger charge is -1.95. The molecule has 2 aromatic carbocycles. The van der Waals surface area contributed by atoms with Gasteiger partial charge in [-0.15, -0.1) is 0 Å². The van der Waals surface area contributed by atoms with Crippen molar-refractivity contribution in [3.63, 3.8) is 0 Å². The summed E-state index contributed by atoms with van der Waals surface area (Å²) < 4.78 is 58.3. The number of hydrogen-bond donors (Lipinski definition) is 4. The molecule has 30 heavy (non-hydrogen) atoms. The molecule has 170 valence electrons. The zero-order valence-electron chi connectivity index (χ0n) is 16.1. The van der Waals surface area contributed by atoms with Crippen molar-refractivity contribution in [3.05, 3.63) is 71.8 Å². The zero-order chi connectivity index (χ0) is 22.9. The molecule has 0 radical (unpaired) electrons. The summed E-state index contributed by atoms with van der Waals surface area (Å²) in [6.45, 7) is 0.451. The molecule has 0 bridgehead atoms. The van der Waals surface area contributed by atoms with Crippen LogP contribution in [0.4, 0.5) is 0 Å². The van der Waals surface area contributed by atoms with Crippen molar-refractivity contribution >= 4 is 41.8 Å². The van der Waals surface area contributed by atoms with Crippen LogP contribution in [-0.2, 0) is 31.7 Å². The average molecular weight is 499 g/mol. The van der Waals surface area contributed by atoms with Gasteiger partial charge in [-0.05, 0) is 11.1 Å². The summed E-state index contributed by atoms with van der Waals surface area (Å²) in [5.74, 6) is 0.886. The maximum absolute atomic E-state index is 10.4. The Morgan fingerprint density at radius 2 is 0.900 bits per heavy atom. The molecule has 2 rings (SSSR count). The Morgan fingerprint density at radius 3 is 1.13 bits per heavy atom. The summed E-state index contributed by atoms with van der Waals surface area (Å²) in [4.78, 5) is 0.